The fourth-order valence-corrected chi connectivity index (χ4v) is 2.61. The predicted octanol–water partition coefficient (Wildman–Crippen LogP) is 2.79. The maximum absolute atomic E-state index is 12.3. The summed E-state index contributed by atoms with van der Waals surface area (Å²) in [5.41, 5.74) is 0.981. The number of hydrogen-bond acceptors (Lipinski definition) is 2. The molecule has 0 bridgehead atoms. The molecule has 0 aromatic heterocycles. The normalized spacial score (nSPS) is 24.7. The monoisotopic (exact) mass is 324 g/mol. The van der Waals surface area contributed by atoms with Gasteiger partial charge in [0.05, 0.1) is 16.9 Å². The zero-order valence-electron chi connectivity index (χ0n) is 11.2. The van der Waals surface area contributed by atoms with E-state index >= 15 is 0 Å². The van der Waals surface area contributed by atoms with Crippen LogP contribution >= 0.6 is 15.9 Å². The maximum atomic E-state index is 12.3. The van der Waals surface area contributed by atoms with E-state index in [0.717, 1.165) is 5.56 Å². The Morgan fingerprint density at radius 3 is 2.42 bits per heavy atom. The van der Waals surface area contributed by atoms with Gasteiger partial charge in [0.2, 0.25) is 5.91 Å². The van der Waals surface area contributed by atoms with Crippen molar-refractivity contribution in [2.24, 2.45) is 0 Å². The van der Waals surface area contributed by atoms with E-state index in [1.54, 1.807) is 18.9 Å². The highest BCUT2D eigenvalue weighted by molar-refractivity contribution is 9.10. The number of likely N-dealkylation sites (N-methyl/N-ethyl adjacent to an activating group) is 1. The van der Waals surface area contributed by atoms with Crippen molar-refractivity contribution in [3.05, 3.63) is 35.9 Å². The summed E-state index contributed by atoms with van der Waals surface area (Å²) in [5, 5.41) is 0. The summed E-state index contributed by atoms with van der Waals surface area (Å²) < 4.78 is 0. The van der Waals surface area contributed by atoms with Crippen molar-refractivity contribution in [1.29, 1.82) is 0 Å². The van der Waals surface area contributed by atoms with Crippen molar-refractivity contribution in [3.8, 4) is 0 Å². The number of alkyl halides is 1. The Morgan fingerprint density at radius 2 is 1.89 bits per heavy atom. The van der Waals surface area contributed by atoms with Gasteiger partial charge in [-0.15, -0.1) is 0 Å². The second-order valence-electron chi connectivity index (χ2n) is 4.81. The lowest BCUT2D eigenvalue weighted by Crippen LogP contribution is -2.39. The van der Waals surface area contributed by atoms with Gasteiger partial charge in [0, 0.05) is 7.05 Å². The molecule has 3 amide bonds. The van der Waals surface area contributed by atoms with Crippen LogP contribution in [0.25, 0.3) is 0 Å². The molecule has 0 N–H and O–H groups in total. The standard InChI is InChI=1S/C14H17BrN2O2/c1-9(15)13(18)17-12(10(2)16(3)14(17)19)11-7-5-4-6-8-11/h4-10,12H,1-3H3/t9-,10-,12-/m0/s1. The van der Waals surface area contributed by atoms with Crippen LogP contribution in [-0.4, -0.2) is 39.7 Å². The molecule has 0 saturated carbocycles. The molecule has 0 radical (unpaired) electrons. The van der Waals surface area contributed by atoms with Gasteiger partial charge in [-0.3, -0.25) is 9.69 Å². The summed E-state index contributed by atoms with van der Waals surface area (Å²) >= 11 is 3.26. The number of urea groups is 1. The van der Waals surface area contributed by atoms with E-state index in [4.69, 9.17) is 0 Å². The minimum absolute atomic E-state index is 0.0369. The van der Waals surface area contributed by atoms with Gasteiger partial charge in [0.1, 0.15) is 0 Å². The van der Waals surface area contributed by atoms with Gasteiger partial charge in [0.15, 0.2) is 0 Å². The number of rotatable bonds is 2. The van der Waals surface area contributed by atoms with E-state index in [-0.39, 0.29) is 28.8 Å². The number of carbonyl (C=O) groups is 2. The van der Waals surface area contributed by atoms with Crippen molar-refractivity contribution >= 4 is 27.9 Å². The lowest BCUT2D eigenvalue weighted by Gasteiger charge is -2.25. The molecule has 1 aromatic carbocycles. The number of benzene rings is 1. The second kappa shape index (κ2) is 5.33. The minimum Gasteiger partial charge on any atom is -0.322 e. The van der Waals surface area contributed by atoms with Crippen LogP contribution in [0.15, 0.2) is 30.3 Å². The molecule has 1 saturated heterocycles. The maximum Gasteiger partial charge on any atom is 0.327 e. The first kappa shape index (κ1) is 14.1. The molecule has 3 atom stereocenters. The second-order valence-corrected chi connectivity index (χ2v) is 6.19. The lowest BCUT2D eigenvalue weighted by molar-refractivity contribution is -0.128. The number of halogens is 1. The molecule has 19 heavy (non-hydrogen) atoms. The molecule has 1 aliphatic rings. The lowest BCUT2D eigenvalue weighted by atomic mass is 10.0. The molecule has 4 nitrogen and oxygen atoms in total. The summed E-state index contributed by atoms with van der Waals surface area (Å²) in [4.78, 5) is 27.1. The van der Waals surface area contributed by atoms with Gasteiger partial charge in [-0.2, -0.15) is 0 Å². The first-order valence-corrected chi connectivity index (χ1v) is 7.15. The van der Waals surface area contributed by atoms with Crippen LogP contribution in [0.4, 0.5) is 4.79 Å². The van der Waals surface area contributed by atoms with Crippen molar-refractivity contribution in [1.82, 2.24) is 9.80 Å². The topological polar surface area (TPSA) is 40.6 Å². The van der Waals surface area contributed by atoms with Gasteiger partial charge in [-0.05, 0) is 19.4 Å². The van der Waals surface area contributed by atoms with Gasteiger partial charge in [-0.1, -0.05) is 46.3 Å². The van der Waals surface area contributed by atoms with Gasteiger partial charge < -0.3 is 4.90 Å². The number of hydrogen-bond donors (Lipinski definition) is 0. The molecule has 1 aliphatic heterocycles. The van der Waals surface area contributed by atoms with Gasteiger partial charge in [-0.25, -0.2) is 4.79 Å². The smallest absolute Gasteiger partial charge is 0.322 e. The summed E-state index contributed by atoms with van der Waals surface area (Å²) in [5.74, 6) is -0.199. The first-order valence-electron chi connectivity index (χ1n) is 6.24. The first-order chi connectivity index (χ1) is 8.95. The average molecular weight is 325 g/mol. The zero-order valence-corrected chi connectivity index (χ0v) is 12.8. The van der Waals surface area contributed by atoms with E-state index in [9.17, 15) is 9.59 Å². The van der Waals surface area contributed by atoms with Crippen molar-refractivity contribution < 1.29 is 9.59 Å². The Bertz CT molecular complexity index is 481. The third-order valence-corrected chi connectivity index (χ3v) is 3.96. The highest BCUT2D eigenvalue weighted by atomic mass is 79.9. The molecule has 1 heterocycles. The Hall–Kier alpha value is -1.36. The average Bonchev–Trinajstić information content (AvgIpc) is 2.63. The quantitative estimate of drug-likeness (QED) is 0.785. The van der Waals surface area contributed by atoms with Gasteiger partial charge in [0.25, 0.3) is 0 Å². The van der Waals surface area contributed by atoms with Crippen LogP contribution < -0.4 is 0 Å². The number of amides is 3. The molecule has 102 valence electrons. The van der Waals surface area contributed by atoms with Crippen molar-refractivity contribution in [3.63, 3.8) is 0 Å². The molecule has 5 heteroatoms. The van der Waals surface area contributed by atoms with Crippen LogP contribution in [0.1, 0.15) is 25.5 Å². The largest absolute Gasteiger partial charge is 0.327 e. The Kier molecular flexibility index (Phi) is 3.94. The summed E-state index contributed by atoms with van der Waals surface area (Å²) in [7, 11) is 1.73. The highest BCUT2D eigenvalue weighted by Crippen LogP contribution is 2.35. The van der Waals surface area contributed by atoms with Gasteiger partial charge >= 0.3 is 6.03 Å². The molecule has 1 fully saturated rings. The molecule has 0 spiro atoms. The molecule has 0 aliphatic carbocycles. The van der Waals surface area contributed by atoms with E-state index in [2.05, 4.69) is 15.9 Å². The number of nitrogens with zero attached hydrogens (tertiary/aromatic N) is 2. The highest BCUT2D eigenvalue weighted by Gasteiger charge is 2.46. The van der Waals surface area contributed by atoms with Crippen LogP contribution in [0.2, 0.25) is 0 Å². The van der Waals surface area contributed by atoms with Crippen LogP contribution in [0.3, 0.4) is 0 Å². The zero-order chi connectivity index (χ0) is 14.2. The SMILES string of the molecule is C[C@H](Br)C(=O)N1C(=O)N(C)[C@@H](C)[C@H]1c1ccccc1. The van der Waals surface area contributed by atoms with Crippen molar-refractivity contribution in [2.45, 2.75) is 30.8 Å². The fourth-order valence-electron chi connectivity index (χ4n) is 2.39. The molecule has 1 aromatic rings. The Balaban J connectivity index is 2.43. The van der Waals surface area contributed by atoms with Crippen LogP contribution in [-0.2, 0) is 4.79 Å². The minimum atomic E-state index is -0.374. The number of carbonyl (C=O) groups excluding carboxylic acids is 2. The molecule has 0 unspecified atom stereocenters. The van der Waals surface area contributed by atoms with E-state index in [0.29, 0.717) is 0 Å². The molecular weight excluding hydrogens is 308 g/mol. The van der Waals surface area contributed by atoms with E-state index < -0.39 is 0 Å². The van der Waals surface area contributed by atoms with E-state index in [1.807, 2.05) is 37.3 Å². The fraction of sp³-hybridized carbons (Fsp3) is 0.429. The van der Waals surface area contributed by atoms with Crippen LogP contribution in [0.5, 0.6) is 0 Å². The third-order valence-electron chi connectivity index (χ3n) is 3.57. The number of imide groups is 1. The summed E-state index contributed by atoms with van der Waals surface area (Å²) in [6.45, 7) is 3.70. The molecule has 2 rings (SSSR count). The predicted molar refractivity (Wildman–Crippen MR) is 77.0 cm³/mol. The van der Waals surface area contributed by atoms with Crippen molar-refractivity contribution in [2.75, 3.05) is 7.05 Å². The summed E-state index contributed by atoms with van der Waals surface area (Å²) in [6.07, 6.45) is 0. The van der Waals surface area contributed by atoms with Crippen LogP contribution in [0, 0.1) is 0 Å². The summed E-state index contributed by atoms with van der Waals surface area (Å²) in [6, 6.07) is 9.16. The van der Waals surface area contributed by atoms with E-state index in [1.165, 1.54) is 4.90 Å². The molecular formula is C14H17BrN2O2. The Morgan fingerprint density at radius 1 is 1.32 bits per heavy atom. The third kappa shape index (κ3) is 2.39. The Labute approximate surface area is 121 Å².